The Morgan fingerprint density at radius 3 is 2.77 bits per heavy atom. The molecule has 0 bridgehead atoms. The summed E-state index contributed by atoms with van der Waals surface area (Å²) in [4.78, 5) is 26.4. The molecule has 5 nitrogen and oxygen atoms in total. The van der Waals surface area contributed by atoms with Crippen LogP contribution in [0.25, 0.3) is 0 Å². The number of anilines is 1. The molecular weight excluding hydrogens is 280 g/mol. The number of nitrogens with one attached hydrogen (secondary N) is 1. The van der Waals surface area contributed by atoms with E-state index in [0.29, 0.717) is 25.9 Å². The van der Waals surface area contributed by atoms with Gasteiger partial charge in [0.25, 0.3) is 0 Å². The van der Waals surface area contributed by atoms with Crippen molar-refractivity contribution in [2.75, 3.05) is 18.4 Å². The van der Waals surface area contributed by atoms with Gasteiger partial charge in [-0.15, -0.1) is 0 Å². The normalized spacial score (nSPS) is 24.1. The van der Waals surface area contributed by atoms with Gasteiger partial charge in [-0.1, -0.05) is 18.2 Å². The van der Waals surface area contributed by atoms with Gasteiger partial charge in [-0.25, -0.2) is 4.79 Å². The molecule has 0 radical (unpaired) electrons. The summed E-state index contributed by atoms with van der Waals surface area (Å²) >= 11 is 0. The van der Waals surface area contributed by atoms with E-state index >= 15 is 0 Å². The zero-order chi connectivity index (χ0) is 16.0. The summed E-state index contributed by atoms with van der Waals surface area (Å²) in [7, 11) is 0. The maximum absolute atomic E-state index is 12.5. The van der Waals surface area contributed by atoms with Gasteiger partial charge in [0.05, 0.1) is 5.41 Å². The Balaban J connectivity index is 1.77. The van der Waals surface area contributed by atoms with Crippen molar-refractivity contribution in [2.24, 2.45) is 5.41 Å². The van der Waals surface area contributed by atoms with Gasteiger partial charge in [-0.3, -0.25) is 4.79 Å². The molecule has 1 N–H and O–H groups in total. The maximum atomic E-state index is 12.5. The van der Waals surface area contributed by atoms with Crippen LogP contribution in [-0.4, -0.2) is 35.6 Å². The zero-order valence-corrected chi connectivity index (χ0v) is 13.3. The number of hydrogen-bond donors (Lipinski definition) is 1. The number of carbonyl (C=O) groups excluding carboxylic acids is 2. The molecule has 3 rings (SSSR count). The van der Waals surface area contributed by atoms with Crippen molar-refractivity contribution in [1.82, 2.24) is 4.90 Å². The third kappa shape index (κ3) is 2.67. The fourth-order valence-electron chi connectivity index (χ4n) is 3.18. The molecule has 0 aliphatic carbocycles. The van der Waals surface area contributed by atoms with Gasteiger partial charge in [-0.05, 0) is 45.2 Å². The van der Waals surface area contributed by atoms with Crippen LogP contribution in [0, 0.1) is 5.41 Å². The van der Waals surface area contributed by atoms with Crippen LogP contribution in [-0.2, 0) is 16.0 Å². The lowest BCUT2D eigenvalue weighted by Gasteiger charge is -2.33. The molecule has 1 spiro atoms. The second kappa shape index (κ2) is 5.00. The second-order valence-electron chi connectivity index (χ2n) is 7.22. The van der Waals surface area contributed by atoms with E-state index < -0.39 is 11.0 Å². The molecule has 22 heavy (non-hydrogen) atoms. The first-order valence-electron chi connectivity index (χ1n) is 7.66. The first kappa shape index (κ1) is 14.9. The average molecular weight is 302 g/mol. The van der Waals surface area contributed by atoms with E-state index in [0.717, 1.165) is 11.3 Å². The SMILES string of the molecule is CC(C)(C)OC(=O)N1CCC2(Cc3ccccc3NC2=O)C1. The van der Waals surface area contributed by atoms with Crippen LogP contribution in [0.5, 0.6) is 0 Å². The number of benzene rings is 1. The zero-order valence-electron chi connectivity index (χ0n) is 13.3. The molecule has 1 unspecified atom stereocenters. The topological polar surface area (TPSA) is 58.6 Å². The van der Waals surface area contributed by atoms with E-state index in [2.05, 4.69) is 5.32 Å². The monoisotopic (exact) mass is 302 g/mol. The first-order valence-corrected chi connectivity index (χ1v) is 7.66. The predicted molar refractivity (Wildman–Crippen MR) is 83.6 cm³/mol. The molecular formula is C17H22N2O3. The summed E-state index contributed by atoms with van der Waals surface area (Å²) in [5.41, 5.74) is 0.974. The smallest absolute Gasteiger partial charge is 0.410 e. The molecule has 2 amide bonds. The fourth-order valence-corrected chi connectivity index (χ4v) is 3.18. The standard InChI is InChI=1S/C17H22N2O3/c1-16(2,3)22-15(21)19-9-8-17(11-19)10-12-6-4-5-7-13(12)18-14(17)20/h4-7H,8-11H2,1-3H3,(H,18,20). The average Bonchev–Trinajstić information content (AvgIpc) is 2.84. The highest BCUT2D eigenvalue weighted by Crippen LogP contribution is 2.40. The third-order valence-electron chi connectivity index (χ3n) is 4.28. The Bertz CT molecular complexity index is 621. The van der Waals surface area contributed by atoms with Crippen LogP contribution in [0.3, 0.4) is 0 Å². The lowest BCUT2D eigenvalue weighted by atomic mass is 9.77. The first-order chi connectivity index (χ1) is 10.3. The summed E-state index contributed by atoms with van der Waals surface area (Å²) in [6.07, 6.45) is 1.01. The molecule has 0 aromatic heterocycles. The van der Waals surface area contributed by atoms with Crippen molar-refractivity contribution in [1.29, 1.82) is 0 Å². The van der Waals surface area contributed by atoms with Crippen LogP contribution in [0.2, 0.25) is 0 Å². The Morgan fingerprint density at radius 1 is 1.32 bits per heavy atom. The minimum Gasteiger partial charge on any atom is -0.444 e. The molecule has 1 aromatic rings. The minimum absolute atomic E-state index is 0.0114. The number of rotatable bonds is 0. The van der Waals surface area contributed by atoms with E-state index in [-0.39, 0.29) is 12.0 Å². The summed E-state index contributed by atoms with van der Waals surface area (Å²) in [6.45, 7) is 6.52. The number of nitrogens with zero attached hydrogens (tertiary/aromatic N) is 1. The molecule has 1 fully saturated rings. The van der Waals surface area contributed by atoms with Gasteiger partial charge < -0.3 is 15.0 Å². The molecule has 2 aliphatic heterocycles. The van der Waals surface area contributed by atoms with E-state index in [9.17, 15) is 9.59 Å². The molecule has 1 saturated heterocycles. The van der Waals surface area contributed by atoms with Crippen molar-refractivity contribution in [3.63, 3.8) is 0 Å². The minimum atomic E-state index is -0.523. The molecule has 5 heteroatoms. The number of hydrogen-bond acceptors (Lipinski definition) is 3. The number of carbonyl (C=O) groups is 2. The van der Waals surface area contributed by atoms with Gasteiger partial charge in [-0.2, -0.15) is 0 Å². The van der Waals surface area contributed by atoms with E-state index in [1.54, 1.807) is 4.90 Å². The Hall–Kier alpha value is -2.04. The van der Waals surface area contributed by atoms with Crippen LogP contribution >= 0.6 is 0 Å². The van der Waals surface area contributed by atoms with Crippen LogP contribution in [0.15, 0.2) is 24.3 Å². The molecule has 1 atom stereocenters. The number of para-hydroxylation sites is 1. The lowest BCUT2D eigenvalue weighted by molar-refractivity contribution is -0.125. The highest BCUT2D eigenvalue weighted by Gasteiger charge is 2.49. The summed E-state index contributed by atoms with van der Waals surface area (Å²) in [6, 6.07) is 7.84. The largest absolute Gasteiger partial charge is 0.444 e. The van der Waals surface area contributed by atoms with Crippen LogP contribution in [0.4, 0.5) is 10.5 Å². The summed E-state index contributed by atoms with van der Waals surface area (Å²) in [5.74, 6) is 0.0114. The molecule has 0 saturated carbocycles. The Labute approximate surface area is 130 Å². The van der Waals surface area contributed by atoms with Gasteiger partial charge in [0.1, 0.15) is 5.60 Å². The Kier molecular flexibility index (Phi) is 3.38. The maximum Gasteiger partial charge on any atom is 0.410 e. The summed E-state index contributed by atoms with van der Waals surface area (Å²) in [5, 5.41) is 2.98. The van der Waals surface area contributed by atoms with Gasteiger partial charge in [0, 0.05) is 18.8 Å². The van der Waals surface area contributed by atoms with Gasteiger partial charge in [0.2, 0.25) is 5.91 Å². The molecule has 118 valence electrons. The van der Waals surface area contributed by atoms with E-state index in [4.69, 9.17) is 4.74 Å². The molecule has 1 aromatic carbocycles. The van der Waals surface area contributed by atoms with Crippen molar-refractivity contribution in [2.45, 2.75) is 39.2 Å². The van der Waals surface area contributed by atoms with Gasteiger partial charge >= 0.3 is 6.09 Å². The fraction of sp³-hybridized carbons (Fsp3) is 0.529. The van der Waals surface area contributed by atoms with Crippen LogP contribution < -0.4 is 5.32 Å². The molecule has 2 heterocycles. The van der Waals surface area contributed by atoms with Crippen molar-refractivity contribution in [3.8, 4) is 0 Å². The van der Waals surface area contributed by atoms with Crippen LogP contribution in [0.1, 0.15) is 32.8 Å². The summed E-state index contributed by atoms with van der Waals surface area (Å²) < 4.78 is 5.42. The number of fused-ring (bicyclic) bond motifs is 1. The van der Waals surface area contributed by atoms with E-state index in [1.165, 1.54) is 0 Å². The van der Waals surface area contributed by atoms with Crippen molar-refractivity contribution in [3.05, 3.63) is 29.8 Å². The number of ether oxygens (including phenoxy) is 1. The number of amides is 2. The predicted octanol–water partition coefficient (Wildman–Crippen LogP) is 2.81. The van der Waals surface area contributed by atoms with Gasteiger partial charge in [0.15, 0.2) is 0 Å². The Morgan fingerprint density at radius 2 is 2.05 bits per heavy atom. The van der Waals surface area contributed by atoms with Crippen molar-refractivity contribution < 1.29 is 14.3 Å². The third-order valence-corrected chi connectivity index (χ3v) is 4.28. The molecule has 2 aliphatic rings. The highest BCUT2D eigenvalue weighted by molar-refractivity contribution is 5.99. The van der Waals surface area contributed by atoms with E-state index in [1.807, 2.05) is 45.0 Å². The lowest BCUT2D eigenvalue weighted by Crippen LogP contribution is -2.45. The quantitative estimate of drug-likeness (QED) is 0.801. The highest BCUT2D eigenvalue weighted by atomic mass is 16.6. The van der Waals surface area contributed by atoms with Crippen molar-refractivity contribution >= 4 is 17.7 Å². The number of likely N-dealkylation sites (tertiary alicyclic amines) is 1. The second-order valence-corrected chi connectivity index (χ2v) is 7.22.